The molecule has 0 saturated carbocycles. The van der Waals surface area contributed by atoms with Crippen LogP contribution in [0, 0.1) is 0 Å². The molecule has 8 nitrogen and oxygen atoms in total. The summed E-state index contributed by atoms with van der Waals surface area (Å²) in [5.74, 6) is -3.95. The zero-order valence-electron chi connectivity index (χ0n) is 11.4. The van der Waals surface area contributed by atoms with Gasteiger partial charge in [-0.05, 0) is 18.2 Å². The summed E-state index contributed by atoms with van der Waals surface area (Å²) >= 11 is 5.88. The summed E-state index contributed by atoms with van der Waals surface area (Å²) in [6.45, 7) is 0. The number of carboxylic acid groups (broad SMARTS) is 2. The second-order valence-corrected chi connectivity index (χ2v) is 4.42. The fourth-order valence-corrected chi connectivity index (χ4v) is 1.52. The molecule has 2 amide bonds. The highest BCUT2D eigenvalue weighted by molar-refractivity contribution is 6.34. The van der Waals surface area contributed by atoms with Gasteiger partial charge in [-0.1, -0.05) is 11.6 Å². The highest BCUT2D eigenvalue weighted by Gasteiger charge is 2.07. The van der Waals surface area contributed by atoms with Gasteiger partial charge >= 0.3 is 11.9 Å². The monoisotopic (exact) mass is 338 g/mol. The van der Waals surface area contributed by atoms with Crippen molar-refractivity contribution in [2.45, 2.75) is 0 Å². The van der Waals surface area contributed by atoms with E-state index in [1.807, 2.05) is 0 Å². The zero-order valence-corrected chi connectivity index (χ0v) is 12.2. The molecule has 1 aromatic carbocycles. The average Bonchev–Trinajstić information content (AvgIpc) is 2.46. The minimum atomic E-state index is -1.28. The number of aliphatic carboxylic acids is 2. The third-order valence-electron chi connectivity index (χ3n) is 2.25. The molecule has 1 aromatic rings. The predicted molar refractivity (Wildman–Crippen MR) is 82.3 cm³/mol. The first-order valence-electron chi connectivity index (χ1n) is 6.01. The summed E-state index contributed by atoms with van der Waals surface area (Å²) in [7, 11) is 0. The molecule has 9 heteroatoms. The molecule has 0 saturated heterocycles. The van der Waals surface area contributed by atoms with Crippen LogP contribution in [-0.2, 0) is 19.2 Å². The minimum Gasteiger partial charge on any atom is -0.478 e. The third-order valence-corrected chi connectivity index (χ3v) is 2.58. The summed E-state index contributed by atoms with van der Waals surface area (Å²) in [5.41, 5.74) is 0.402. The van der Waals surface area contributed by atoms with Crippen molar-refractivity contribution < 1.29 is 29.4 Å². The number of amides is 2. The van der Waals surface area contributed by atoms with Gasteiger partial charge in [-0.15, -0.1) is 0 Å². The van der Waals surface area contributed by atoms with E-state index in [4.69, 9.17) is 21.8 Å². The van der Waals surface area contributed by atoms with Gasteiger partial charge in [0.05, 0.1) is 10.7 Å². The lowest BCUT2D eigenvalue weighted by molar-refractivity contribution is -0.132. The molecule has 0 spiro atoms. The van der Waals surface area contributed by atoms with Crippen LogP contribution in [0.5, 0.6) is 0 Å². The third kappa shape index (κ3) is 6.91. The lowest BCUT2D eigenvalue weighted by Gasteiger charge is -2.08. The van der Waals surface area contributed by atoms with E-state index >= 15 is 0 Å². The van der Waals surface area contributed by atoms with Crippen LogP contribution in [0.15, 0.2) is 42.5 Å². The SMILES string of the molecule is O=C(O)/C=C\C(=O)Nc1cc(NC(=O)/C=C/C(=O)O)ccc1Cl. The van der Waals surface area contributed by atoms with Gasteiger partial charge in [0.2, 0.25) is 11.8 Å². The Labute approximate surface area is 135 Å². The second-order valence-electron chi connectivity index (χ2n) is 4.02. The van der Waals surface area contributed by atoms with E-state index in [1.54, 1.807) is 0 Å². The van der Waals surface area contributed by atoms with E-state index in [1.165, 1.54) is 18.2 Å². The lowest BCUT2D eigenvalue weighted by Crippen LogP contribution is -2.11. The quantitative estimate of drug-likeness (QED) is 0.581. The summed E-state index contributed by atoms with van der Waals surface area (Å²) in [6.07, 6.45) is 2.96. The molecular weight excluding hydrogens is 328 g/mol. The Bertz CT molecular complexity index is 711. The van der Waals surface area contributed by atoms with E-state index in [0.29, 0.717) is 12.2 Å². The number of hydrogen-bond donors (Lipinski definition) is 4. The molecule has 0 aromatic heterocycles. The molecule has 0 unspecified atom stereocenters. The molecule has 0 aliphatic carbocycles. The van der Waals surface area contributed by atoms with Crippen molar-refractivity contribution in [2.24, 2.45) is 0 Å². The number of carbonyl (C=O) groups excluding carboxylic acids is 2. The first-order valence-corrected chi connectivity index (χ1v) is 6.39. The van der Waals surface area contributed by atoms with Crippen LogP contribution in [0.1, 0.15) is 0 Å². The number of anilines is 2. The van der Waals surface area contributed by atoms with Crippen molar-refractivity contribution in [1.29, 1.82) is 0 Å². The molecule has 1 rings (SSSR count). The molecule has 0 radical (unpaired) electrons. The van der Waals surface area contributed by atoms with E-state index in [9.17, 15) is 19.2 Å². The molecule has 120 valence electrons. The van der Waals surface area contributed by atoms with E-state index in [0.717, 1.165) is 12.2 Å². The molecular formula is C14H11ClN2O6. The van der Waals surface area contributed by atoms with Crippen molar-refractivity contribution in [1.82, 2.24) is 0 Å². The molecule has 23 heavy (non-hydrogen) atoms. The average molecular weight is 339 g/mol. The summed E-state index contributed by atoms with van der Waals surface area (Å²) in [4.78, 5) is 43.6. The molecule has 0 fully saturated rings. The van der Waals surface area contributed by atoms with Crippen molar-refractivity contribution in [3.63, 3.8) is 0 Å². The number of rotatable bonds is 6. The van der Waals surface area contributed by atoms with Gasteiger partial charge in [-0.3, -0.25) is 9.59 Å². The van der Waals surface area contributed by atoms with Crippen LogP contribution in [0.25, 0.3) is 0 Å². The van der Waals surface area contributed by atoms with E-state index in [2.05, 4.69) is 10.6 Å². The van der Waals surface area contributed by atoms with Crippen LogP contribution in [-0.4, -0.2) is 34.0 Å². The van der Waals surface area contributed by atoms with Crippen LogP contribution < -0.4 is 10.6 Å². The van der Waals surface area contributed by atoms with Gasteiger partial charge in [-0.25, -0.2) is 9.59 Å². The number of nitrogens with one attached hydrogen (secondary N) is 2. The second kappa shape index (κ2) is 8.35. The Morgan fingerprint density at radius 3 is 1.91 bits per heavy atom. The number of carbonyl (C=O) groups is 4. The lowest BCUT2D eigenvalue weighted by atomic mass is 10.2. The topological polar surface area (TPSA) is 133 Å². The Hall–Kier alpha value is -3.13. The van der Waals surface area contributed by atoms with Crippen LogP contribution in [0.2, 0.25) is 5.02 Å². The van der Waals surface area contributed by atoms with Crippen molar-refractivity contribution in [3.05, 3.63) is 47.5 Å². The fourth-order valence-electron chi connectivity index (χ4n) is 1.35. The Balaban J connectivity index is 2.83. The summed E-state index contributed by atoms with van der Waals surface area (Å²) in [5, 5.41) is 21.7. The standard InChI is InChI=1S/C14H11ClN2O6/c15-9-2-1-8(16-11(18)3-5-13(20)21)7-10(9)17-12(19)4-6-14(22)23/h1-7H,(H,16,18)(H,17,19)(H,20,21)(H,22,23)/b5-3+,6-4-. The number of carboxylic acids is 2. The van der Waals surface area contributed by atoms with Gasteiger partial charge in [-0.2, -0.15) is 0 Å². The first kappa shape index (κ1) is 17.9. The molecule has 0 aliphatic heterocycles. The summed E-state index contributed by atoms with van der Waals surface area (Å²) < 4.78 is 0. The molecule has 0 atom stereocenters. The van der Waals surface area contributed by atoms with Crippen LogP contribution >= 0.6 is 11.6 Å². The van der Waals surface area contributed by atoms with Crippen LogP contribution in [0.3, 0.4) is 0 Å². The van der Waals surface area contributed by atoms with Crippen molar-refractivity contribution >= 4 is 46.7 Å². The molecule has 0 aliphatic rings. The maximum atomic E-state index is 11.5. The van der Waals surface area contributed by atoms with Gasteiger partial charge < -0.3 is 20.8 Å². The number of benzene rings is 1. The fraction of sp³-hybridized carbons (Fsp3) is 0. The van der Waals surface area contributed by atoms with Crippen molar-refractivity contribution in [3.8, 4) is 0 Å². The Kier molecular flexibility index (Phi) is 6.50. The summed E-state index contributed by atoms with van der Waals surface area (Å²) in [6, 6.07) is 4.17. The van der Waals surface area contributed by atoms with Gasteiger partial charge in [0.25, 0.3) is 0 Å². The first-order chi connectivity index (χ1) is 10.8. The Morgan fingerprint density at radius 1 is 0.870 bits per heavy atom. The van der Waals surface area contributed by atoms with E-state index in [-0.39, 0.29) is 16.4 Å². The zero-order chi connectivity index (χ0) is 17.4. The molecule has 0 bridgehead atoms. The maximum absolute atomic E-state index is 11.5. The normalized spacial score (nSPS) is 10.7. The van der Waals surface area contributed by atoms with Gasteiger partial charge in [0.15, 0.2) is 0 Å². The molecule has 0 heterocycles. The number of hydrogen-bond acceptors (Lipinski definition) is 4. The number of halogens is 1. The van der Waals surface area contributed by atoms with Gasteiger partial charge in [0, 0.05) is 30.0 Å². The predicted octanol–water partition coefficient (Wildman–Crippen LogP) is 1.50. The highest BCUT2D eigenvalue weighted by atomic mass is 35.5. The highest BCUT2D eigenvalue weighted by Crippen LogP contribution is 2.25. The van der Waals surface area contributed by atoms with Crippen LogP contribution in [0.4, 0.5) is 11.4 Å². The smallest absolute Gasteiger partial charge is 0.328 e. The Morgan fingerprint density at radius 2 is 1.39 bits per heavy atom. The minimum absolute atomic E-state index is 0.145. The van der Waals surface area contributed by atoms with E-state index < -0.39 is 23.8 Å². The van der Waals surface area contributed by atoms with Crippen molar-refractivity contribution in [2.75, 3.05) is 10.6 Å². The molecule has 4 N–H and O–H groups in total. The van der Waals surface area contributed by atoms with Gasteiger partial charge in [0.1, 0.15) is 0 Å². The largest absolute Gasteiger partial charge is 0.478 e. The maximum Gasteiger partial charge on any atom is 0.328 e.